The second kappa shape index (κ2) is 5.72. The molecule has 0 N–H and O–H groups in total. The summed E-state index contributed by atoms with van der Waals surface area (Å²) in [4.78, 5) is 0. The molecule has 0 radical (unpaired) electrons. The average Bonchev–Trinajstić information content (AvgIpc) is 1.66. The SMILES string of the molecule is FC(F)CCCCI. The van der Waals surface area contributed by atoms with E-state index in [4.69, 9.17) is 0 Å². The van der Waals surface area contributed by atoms with Gasteiger partial charge in [-0.1, -0.05) is 22.6 Å². The Hall–Kier alpha value is 0.590. The number of rotatable bonds is 4. The number of hydrogen-bond acceptors (Lipinski definition) is 0. The van der Waals surface area contributed by atoms with Gasteiger partial charge in [0.25, 0.3) is 0 Å². The first-order valence-electron chi connectivity index (χ1n) is 2.61. The van der Waals surface area contributed by atoms with Gasteiger partial charge in [-0.3, -0.25) is 0 Å². The zero-order valence-corrected chi connectivity index (χ0v) is 6.70. The van der Waals surface area contributed by atoms with E-state index in [1.807, 2.05) is 0 Å². The monoisotopic (exact) mass is 234 g/mol. The molecule has 0 aliphatic carbocycles. The predicted molar refractivity (Wildman–Crippen MR) is 38.7 cm³/mol. The van der Waals surface area contributed by atoms with Crippen molar-refractivity contribution in [3.8, 4) is 0 Å². The van der Waals surface area contributed by atoms with Gasteiger partial charge in [0.05, 0.1) is 0 Å². The van der Waals surface area contributed by atoms with Crippen LogP contribution in [0, 0.1) is 0 Å². The Balaban J connectivity index is 2.72. The van der Waals surface area contributed by atoms with Crippen molar-refractivity contribution in [2.45, 2.75) is 25.7 Å². The molecule has 0 aromatic rings. The largest absolute Gasteiger partial charge is 0.238 e. The molecular weight excluding hydrogens is 225 g/mol. The first-order valence-corrected chi connectivity index (χ1v) is 4.14. The van der Waals surface area contributed by atoms with E-state index in [9.17, 15) is 8.78 Å². The third-order valence-corrected chi connectivity index (χ3v) is 1.57. The van der Waals surface area contributed by atoms with Crippen LogP contribution in [0.2, 0.25) is 0 Å². The van der Waals surface area contributed by atoms with Crippen LogP contribution in [0.1, 0.15) is 19.3 Å². The van der Waals surface area contributed by atoms with Gasteiger partial charge >= 0.3 is 0 Å². The highest BCUT2D eigenvalue weighted by Crippen LogP contribution is 2.06. The maximum atomic E-state index is 11.4. The molecule has 50 valence electrons. The molecule has 0 fully saturated rings. The standard InChI is InChI=1S/C5H9F2I/c6-5(7)3-1-2-4-8/h5H,1-4H2. The van der Waals surface area contributed by atoms with Crippen molar-refractivity contribution >= 4 is 22.6 Å². The summed E-state index contributed by atoms with van der Waals surface area (Å²) in [6, 6.07) is 0. The van der Waals surface area contributed by atoms with Gasteiger partial charge in [-0.25, -0.2) is 8.78 Å². The highest BCUT2D eigenvalue weighted by atomic mass is 127. The van der Waals surface area contributed by atoms with Crippen molar-refractivity contribution in [2.24, 2.45) is 0 Å². The molecule has 0 saturated carbocycles. The van der Waals surface area contributed by atoms with Gasteiger partial charge in [-0.2, -0.15) is 0 Å². The minimum atomic E-state index is -2.10. The minimum Gasteiger partial charge on any atom is -0.211 e. The second-order valence-electron chi connectivity index (χ2n) is 1.58. The van der Waals surface area contributed by atoms with E-state index in [-0.39, 0.29) is 6.42 Å². The Labute approximate surface area is 61.8 Å². The predicted octanol–water partition coefficient (Wildman–Crippen LogP) is 2.86. The summed E-state index contributed by atoms with van der Waals surface area (Å²) in [5.41, 5.74) is 0. The molecule has 0 heterocycles. The van der Waals surface area contributed by atoms with Crippen molar-refractivity contribution in [2.75, 3.05) is 4.43 Å². The fraction of sp³-hybridized carbons (Fsp3) is 1.00. The molecule has 0 aliphatic heterocycles. The Morgan fingerprint density at radius 2 is 1.88 bits per heavy atom. The van der Waals surface area contributed by atoms with E-state index in [1.165, 1.54) is 0 Å². The summed E-state index contributed by atoms with van der Waals surface area (Å²) in [7, 11) is 0. The summed E-state index contributed by atoms with van der Waals surface area (Å²) in [6.45, 7) is 0. The van der Waals surface area contributed by atoms with Crippen molar-refractivity contribution in [3.63, 3.8) is 0 Å². The van der Waals surface area contributed by atoms with Crippen molar-refractivity contribution in [1.82, 2.24) is 0 Å². The Morgan fingerprint density at radius 1 is 1.25 bits per heavy atom. The normalized spacial score (nSPS) is 10.5. The molecule has 0 spiro atoms. The highest BCUT2D eigenvalue weighted by Gasteiger charge is 1.99. The smallest absolute Gasteiger partial charge is 0.211 e. The van der Waals surface area contributed by atoms with E-state index < -0.39 is 6.43 Å². The molecule has 0 aromatic carbocycles. The Kier molecular flexibility index (Phi) is 6.14. The van der Waals surface area contributed by atoms with Crippen LogP contribution in [0.5, 0.6) is 0 Å². The Morgan fingerprint density at radius 3 is 2.25 bits per heavy atom. The van der Waals surface area contributed by atoms with E-state index in [0.29, 0.717) is 6.42 Å². The van der Waals surface area contributed by atoms with Crippen molar-refractivity contribution in [3.05, 3.63) is 0 Å². The summed E-state index contributed by atoms with van der Waals surface area (Å²) in [5.74, 6) is 0. The molecule has 0 bridgehead atoms. The second-order valence-corrected chi connectivity index (χ2v) is 2.65. The molecule has 0 aliphatic rings. The van der Waals surface area contributed by atoms with Crippen LogP contribution in [0.25, 0.3) is 0 Å². The number of alkyl halides is 3. The van der Waals surface area contributed by atoms with Crippen LogP contribution in [-0.2, 0) is 0 Å². The number of hydrogen-bond donors (Lipinski definition) is 0. The molecule has 0 rings (SSSR count). The molecule has 0 aromatic heterocycles. The van der Waals surface area contributed by atoms with Crippen LogP contribution in [-0.4, -0.2) is 10.9 Å². The summed E-state index contributed by atoms with van der Waals surface area (Å²) in [6.07, 6.45) is -0.438. The van der Waals surface area contributed by atoms with Gasteiger partial charge in [-0.05, 0) is 17.3 Å². The highest BCUT2D eigenvalue weighted by molar-refractivity contribution is 14.1. The zero-order chi connectivity index (χ0) is 6.41. The van der Waals surface area contributed by atoms with Gasteiger partial charge in [0, 0.05) is 6.42 Å². The molecule has 8 heavy (non-hydrogen) atoms. The molecule has 0 amide bonds. The first kappa shape index (κ1) is 8.59. The van der Waals surface area contributed by atoms with E-state index in [2.05, 4.69) is 22.6 Å². The molecule has 0 atom stereocenters. The molecule has 0 nitrogen and oxygen atoms in total. The van der Waals surface area contributed by atoms with Crippen LogP contribution in [0.15, 0.2) is 0 Å². The fourth-order valence-corrected chi connectivity index (χ4v) is 0.933. The third-order valence-electron chi connectivity index (χ3n) is 0.806. The van der Waals surface area contributed by atoms with E-state index in [0.717, 1.165) is 10.8 Å². The Bertz CT molecular complexity index is 47.7. The van der Waals surface area contributed by atoms with Crippen LogP contribution in [0.4, 0.5) is 8.78 Å². The van der Waals surface area contributed by atoms with Gasteiger partial charge in [-0.15, -0.1) is 0 Å². The van der Waals surface area contributed by atoms with Crippen LogP contribution >= 0.6 is 22.6 Å². The van der Waals surface area contributed by atoms with Crippen LogP contribution < -0.4 is 0 Å². The molecule has 0 unspecified atom stereocenters. The van der Waals surface area contributed by atoms with Gasteiger partial charge in [0.2, 0.25) is 6.43 Å². The third kappa shape index (κ3) is 6.59. The fourth-order valence-electron chi connectivity index (χ4n) is 0.393. The lowest BCUT2D eigenvalue weighted by Gasteiger charge is -1.94. The lowest BCUT2D eigenvalue weighted by atomic mass is 10.3. The van der Waals surface area contributed by atoms with E-state index in [1.54, 1.807) is 0 Å². The lowest BCUT2D eigenvalue weighted by molar-refractivity contribution is 0.135. The first-order chi connectivity index (χ1) is 3.77. The minimum absolute atomic E-state index is 0.0724. The van der Waals surface area contributed by atoms with E-state index >= 15 is 0 Å². The maximum absolute atomic E-state index is 11.4. The van der Waals surface area contributed by atoms with Gasteiger partial charge in [0.15, 0.2) is 0 Å². The quantitative estimate of drug-likeness (QED) is 0.398. The van der Waals surface area contributed by atoms with Gasteiger partial charge in [0.1, 0.15) is 0 Å². The summed E-state index contributed by atoms with van der Waals surface area (Å²) >= 11 is 2.19. The zero-order valence-electron chi connectivity index (χ0n) is 4.54. The number of halogens is 3. The summed E-state index contributed by atoms with van der Waals surface area (Å²) in [5, 5.41) is 0. The molecule has 0 saturated heterocycles. The number of unbranched alkanes of at least 4 members (excludes halogenated alkanes) is 1. The van der Waals surface area contributed by atoms with Crippen LogP contribution in [0.3, 0.4) is 0 Å². The molecular formula is C5H9F2I. The summed E-state index contributed by atoms with van der Waals surface area (Å²) < 4.78 is 23.7. The van der Waals surface area contributed by atoms with Crippen molar-refractivity contribution in [1.29, 1.82) is 0 Å². The average molecular weight is 234 g/mol. The van der Waals surface area contributed by atoms with Crippen molar-refractivity contribution < 1.29 is 8.78 Å². The molecule has 3 heteroatoms. The van der Waals surface area contributed by atoms with Gasteiger partial charge < -0.3 is 0 Å². The lowest BCUT2D eigenvalue weighted by Crippen LogP contribution is -1.89. The maximum Gasteiger partial charge on any atom is 0.238 e. The topological polar surface area (TPSA) is 0 Å².